The van der Waals surface area contributed by atoms with Gasteiger partial charge in [-0.2, -0.15) is 0 Å². The molecule has 0 atom stereocenters. The highest BCUT2D eigenvalue weighted by atomic mass is 35.5. The number of hydrogen-bond donors (Lipinski definition) is 3. The summed E-state index contributed by atoms with van der Waals surface area (Å²) in [4.78, 5) is 11.0. The molecule has 0 unspecified atom stereocenters. The summed E-state index contributed by atoms with van der Waals surface area (Å²) in [7, 11) is 0. The first kappa shape index (κ1) is 13.2. The molecule has 1 amide bonds. The van der Waals surface area contributed by atoms with Crippen molar-refractivity contribution in [1.82, 2.24) is 0 Å². The van der Waals surface area contributed by atoms with Crippen LogP contribution in [-0.4, -0.2) is 5.91 Å². The van der Waals surface area contributed by atoms with Gasteiger partial charge in [-0.05, 0) is 36.4 Å². The Hall–Kier alpha value is -2.27. The molecule has 0 aliphatic rings. The summed E-state index contributed by atoms with van der Waals surface area (Å²) in [5.41, 5.74) is 12.2. The van der Waals surface area contributed by atoms with Gasteiger partial charge in [0.15, 0.2) is 0 Å². The third-order valence-corrected chi connectivity index (χ3v) is 2.77. The molecule has 5 N–H and O–H groups in total. The van der Waals surface area contributed by atoms with Crippen LogP contribution >= 0.6 is 11.6 Å². The standard InChI is InChI=1S/C13H11ClFN3O/c14-8-2-4-11(9(15)6-8)18-12-3-1-7(13(17)19)5-10(12)16/h1-6,18H,16H2,(H2,17,19). The van der Waals surface area contributed by atoms with E-state index in [0.717, 1.165) is 0 Å². The summed E-state index contributed by atoms with van der Waals surface area (Å²) < 4.78 is 13.6. The van der Waals surface area contributed by atoms with Crippen LogP contribution in [-0.2, 0) is 0 Å². The zero-order valence-electron chi connectivity index (χ0n) is 9.78. The highest BCUT2D eigenvalue weighted by molar-refractivity contribution is 6.30. The number of primary amides is 1. The molecule has 0 aliphatic carbocycles. The number of nitrogens with two attached hydrogens (primary N) is 2. The fourth-order valence-electron chi connectivity index (χ4n) is 1.57. The van der Waals surface area contributed by atoms with Gasteiger partial charge in [0.05, 0.1) is 17.1 Å². The highest BCUT2D eigenvalue weighted by Crippen LogP contribution is 2.27. The van der Waals surface area contributed by atoms with Crippen molar-refractivity contribution in [2.45, 2.75) is 0 Å². The van der Waals surface area contributed by atoms with Gasteiger partial charge in [-0.3, -0.25) is 4.79 Å². The smallest absolute Gasteiger partial charge is 0.248 e. The Kier molecular flexibility index (Phi) is 3.57. The summed E-state index contributed by atoms with van der Waals surface area (Å²) in [6, 6.07) is 8.74. The summed E-state index contributed by atoms with van der Waals surface area (Å²) >= 11 is 5.66. The van der Waals surface area contributed by atoms with E-state index in [4.69, 9.17) is 23.1 Å². The maximum Gasteiger partial charge on any atom is 0.248 e. The van der Waals surface area contributed by atoms with Gasteiger partial charge < -0.3 is 16.8 Å². The van der Waals surface area contributed by atoms with Crippen LogP contribution < -0.4 is 16.8 Å². The van der Waals surface area contributed by atoms with Gasteiger partial charge in [0.1, 0.15) is 5.82 Å². The molecule has 0 fully saturated rings. The fraction of sp³-hybridized carbons (Fsp3) is 0. The van der Waals surface area contributed by atoms with Crippen molar-refractivity contribution in [3.8, 4) is 0 Å². The minimum absolute atomic E-state index is 0.239. The maximum absolute atomic E-state index is 13.6. The third kappa shape index (κ3) is 2.95. The molecule has 0 saturated heterocycles. The molecular weight excluding hydrogens is 269 g/mol. The molecule has 4 nitrogen and oxygen atoms in total. The Morgan fingerprint density at radius 1 is 1.16 bits per heavy atom. The number of anilines is 3. The van der Waals surface area contributed by atoms with Gasteiger partial charge >= 0.3 is 0 Å². The number of halogens is 2. The third-order valence-electron chi connectivity index (χ3n) is 2.54. The molecule has 2 aromatic carbocycles. The van der Waals surface area contributed by atoms with Crippen molar-refractivity contribution in [1.29, 1.82) is 0 Å². The first-order valence-corrected chi connectivity index (χ1v) is 5.76. The van der Waals surface area contributed by atoms with Crippen molar-refractivity contribution in [3.63, 3.8) is 0 Å². The predicted molar refractivity (Wildman–Crippen MR) is 74.1 cm³/mol. The van der Waals surface area contributed by atoms with Crippen LogP contribution in [0.25, 0.3) is 0 Å². The molecule has 2 aromatic rings. The number of hydrogen-bond acceptors (Lipinski definition) is 3. The first-order chi connectivity index (χ1) is 8.97. The summed E-state index contributed by atoms with van der Waals surface area (Å²) in [5, 5.41) is 3.13. The number of carbonyl (C=O) groups excluding carboxylic acids is 1. The van der Waals surface area contributed by atoms with E-state index in [1.807, 2.05) is 0 Å². The van der Waals surface area contributed by atoms with Gasteiger partial charge in [0.2, 0.25) is 5.91 Å². The quantitative estimate of drug-likeness (QED) is 0.756. The second kappa shape index (κ2) is 5.16. The normalized spacial score (nSPS) is 10.2. The fourth-order valence-corrected chi connectivity index (χ4v) is 1.72. The van der Waals surface area contributed by atoms with E-state index in [0.29, 0.717) is 22.0 Å². The Morgan fingerprint density at radius 2 is 1.84 bits per heavy atom. The Balaban J connectivity index is 2.31. The topological polar surface area (TPSA) is 81.1 Å². The molecule has 6 heteroatoms. The lowest BCUT2D eigenvalue weighted by molar-refractivity contribution is 0.100. The lowest BCUT2D eigenvalue weighted by Crippen LogP contribution is -2.11. The van der Waals surface area contributed by atoms with Gasteiger partial charge in [0, 0.05) is 10.6 Å². The summed E-state index contributed by atoms with van der Waals surface area (Å²) in [6.45, 7) is 0. The number of nitrogens with one attached hydrogen (secondary N) is 1. The Labute approximate surface area is 114 Å². The van der Waals surface area contributed by atoms with E-state index < -0.39 is 11.7 Å². The average Bonchev–Trinajstić information content (AvgIpc) is 2.34. The number of benzene rings is 2. The molecule has 0 saturated carbocycles. The van der Waals surface area contributed by atoms with E-state index in [9.17, 15) is 9.18 Å². The maximum atomic E-state index is 13.6. The van der Waals surface area contributed by atoms with Gasteiger partial charge in [-0.1, -0.05) is 11.6 Å². The zero-order chi connectivity index (χ0) is 14.0. The minimum atomic E-state index is -0.573. The van der Waals surface area contributed by atoms with Crippen LogP contribution in [0.5, 0.6) is 0 Å². The molecule has 0 radical (unpaired) electrons. The molecule has 0 spiro atoms. The second-order valence-electron chi connectivity index (χ2n) is 3.92. The van der Waals surface area contributed by atoms with Crippen LogP contribution in [0.1, 0.15) is 10.4 Å². The van der Waals surface area contributed by atoms with Crippen molar-refractivity contribution in [2.24, 2.45) is 5.73 Å². The number of carbonyl (C=O) groups is 1. The monoisotopic (exact) mass is 279 g/mol. The van der Waals surface area contributed by atoms with E-state index >= 15 is 0 Å². The van der Waals surface area contributed by atoms with Crippen LogP contribution in [0.2, 0.25) is 5.02 Å². The Morgan fingerprint density at radius 3 is 2.42 bits per heavy atom. The first-order valence-electron chi connectivity index (χ1n) is 5.39. The van der Waals surface area contributed by atoms with E-state index in [1.54, 1.807) is 12.1 Å². The lowest BCUT2D eigenvalue weighted by Gasteiger charge is -2.11. The molecule has 0 aliphatic heterocycles. The van der Waals surface area contributed by atoms with Crippen molar-refractivity contribution >= 4 is 34.6 Å². The minimum Gasteiger partial charge on any atom is -0.397 e. The number of rotatable bonds is 3. The number of nitrogen functional groups attached to an aromatic ring is 1. The molecule has 98 valence electrons. The SMILES string of the molecule is NC(=O)c1ccc(Nc2ccc(Cl)cc2F)c(N)c1. The zero-order valence-corrected chi connectivity index (χ0v) is 10.5. The van der Waals surface area contributed by atoms with E-state index in [1.165, 1.54) is 24.3 Å². The van der Waals surface area contributed by atoms with E-state index in [-0.39, 0.29) is 5.69 Å². The van der Waals surface area contributed by atoms with Crippen LogP contribution in [0, 0.1) is 5.82 Å². The molecule has 0 heterocycles. The lowest BCUT2D eigenvalue weighted by atomic mass is 10.1. The molecule has 19 heavy (non-hydrogen) atoms. The molecule has 0 aromatic heterocycles. The number of amides is 1. The van der Waals surface area contributed by atoms with Crippen molar-refractivity contribution < 1.29 is 9.18 Å². The average molecular weight is 280 g/mol. The molecule has 2 rings (SSSR count). The molecular formula is C13H11ClFN3O. The van der Waals surface area contributed by atoms with Crippen LogP contribution in [0.4, 0.5) is 21.5 Å². The van der Waals surface area contributed by atoms with Gasteiger partial charge in [0.25, 0.3) is 0 Å². The second-order valence-corrected chi connectivity index (χ2v) is 4.35. The Bertz CT molecular complexity index is 646. The van der Waals surface area contributed by atoms with Gasteiger partial charge in [-0.15, -0.1) is 0 Å². The van der Waals surface area contributed by atoms with Gasteiger partial charge in [-0.25, -0.2) is 4.39 Å². The summed E-state index contributed by atoms with van der Waals surface area (Å²) in [6.07, 6.45) is 0. The predicted octanol–water partition coefficient (Wildman–Crippen LogP) is 2.90. The highest BCUT2D eigenvalue weighted by Gasteiger charge is 2.08. The van der Waals surface area contributed by atoms with Crippen molar-refractivity contribution in [2.75, 3.05) is 11.1 Å². The van der Waals surface area contributed by atoms with Crippen LogP contribution in [0.15, 0.2) is 36.4 Å². The molecule has 0 bridgehead atoms. The van der Waals surface area contributed by atoms with Crippen LogP contribution in [0.3, 0.4) is 0 Å². The van der Waals surface area contributed by atoms with E-state index in [2.05, 4.69) is 5.32 Å². The summed E-state index contributed by atoms with van der Waals surface area (Å²) in [5.74, 6) is -1.07. The van der Waals surface area contributed by atoms with Crippen molar-refractivity contribution in [3.05, 3.63) is 52.8 Å². The largest absolute Gasteiger partial charge is 0.397 e.